The summed E-state index contributed by atoms with van der Waals surface area (Å²) in [5.41, 5.74) is 7.63. The zero-order valence-electron chi connectivity index (χ0n) is 11.0. The van der Waals surface area contributed by atoms with Gasteiger partial charge in [0.25, 0.3) is 0 Å². The lowest BCUT2D eigenvalue weighted by atomic mass is 10.0. The van der Waals surface area contributed by atoms with E-state index in [1.165, 1.54) is 25.0 Å². The number of hydrogen-bond donors (Lipinski definition) is 1. The number of likely N-dealkylation sites (tertiary alicyclic amines) is 1. The van der Waals surface area contributed by atoms with E-state index in [0.29, 0.717) is 6.04 Å². The fourth-order valence-corrected chi connectivity index (χ4v) is 2.88. The lowest BCUT2D eigenvalue weighted by molar-refractivity contribution is 0.178. The van der Waals surface area contributed by atoms with Crippen LogP contribution >= 0.6 is 0 Å². The van der Waals surface area contributed by atoms with E-state index in [9.17, 15) is 0 Å². The zero-order valence-corrected chi connectivity index (χ0v) is 11.0. The van der Waals surface area contributed by atoms with E-state index >= 15 is 0 Å². The summed E-state index contributed by atoms with van der Waals surface area (Å²) in [6, 6.07) is 2.68. The van der Waals surface area contributed by atoms with Gasteiger partial charge >= 0.3 is 0 Å². The molecule has 17 heavy (non-hydrogen) atoms. The van der Waals surface area contributed by atoms with Gasteiger partial charge in [-0.2, -0.15) is 5.10 Å². The van der Waals surface area contributed by atoms with Gasteiger partial charge in [-0.1, -0.05) is 13.3 Å². The fraction of sp³-hybridized carbons (Fsp3) is 0.769. The summed E-state index contributed by atoms with van der Waals surface area (Å²) in [5, 5.41) is 4.29. The molecule has 1 aliphatic heterocycles. The van der Waals surface area contributed by atoms with Crippen LogP contribution in [-0.4, -0.2) is 33.8 Å². The number of aryl methyl sites for hydroxylation is 1. The molecule has 2 unspecified atom stereocenters. The molecule has 4 nitrogen and oxygen atoms in total. The van der Waals surface area contributed by atoms with E-state index in [4.69, 9.17) is 5.73 Å². The second-order valence-electron chi connectivity index (χ2n) is 5.02. The van der Waals surface area contributed by atoms with Crippen molar-refractivity contribution in [3.05, 3.63) is 18.0 Å². The maximum atomic E-state index is 6.38. The van der Waals surface area contributed by atoms with E-state index in [-0.39, 0.29) is 6.04 Å². The van der Waals surface area contributed by atoms with Crippen LogP contribution in [0, 0.1) is 0 Å². The first kappa shape index (κ1) is 12.6. The van der Waals surface area contributed by atoms with Crippen molar-refractivity contribution in [2.24, 2.45) is 12.8 Å². The molecule has 2 heterocycles. The minimum atomic E-state index is 0.236. The molecular weight excluding hydrogens is 212 g/mol. The lowest BCUT2D eigenvalue weighted by Crippen LogP contribution is -2.41. The Bertz CT molecular complexity index is 347. The van der Waals surface area contributed by atoms with Gasteiger partial charge in [-0.15, -0.1) is 0 Å². The number of rotatable bonds is 3. The first-order valence-electron chi connectivity index (χ1n) is 6.71. The third-order valence-corrected chi connectivity index (χ3v) is 3.70. The van der Waals surface area contributed by atoms with E-state index in [1.54, 1.807) is 0 Å². The third-order valence-electron chi connectivity index (χ3n) is 3.70. The van der Waals surface area contributed by atoms with Crippen LogP contribution in [0.2, 0.25) is 0 Å². The Hall–Kier alpha value is -0.870. The molecule has 1 saturated heterocycles. The first-order valence-corrected chi connectivity index (χ1v) is 6.71. The summed E-state index contributed by atoms with van der Waals surface area (Å²) < 4.78 is 1.97. The standard InChI is InChI=1S/C13H24N4/c1-3-9-17-10-5-4-6-11(14)13(17)12-7-8-15-16(12)2/h7-8,11,13H,3-6,9-10,14H2,1-2H3. The average Bonchev–Trinajstić information content (AvgIpc) is 2.63. The Morgan fingerprint density at radius 2 is 2.29 bits per heavy atom. The molecule has 2 N–H and O–H groups in total. The van der Waals surface area contributed by atoms with Gasteiger partial charge in [-0.25, -0.2) is 0 Å². The molecule has 0 aromatic carbocycles. The normalized spacial score (nSPS) is 27.0. The minimum Gasteiger partial charge on any atom is -0.326 e. The molecule has 1 aromatic rings. The predicted molar refractivity (Wildman–Crippen MR) is 69.6 cm³/mol. The molecule has 1 aliphatic rings. The van der Waals surface area contributed by atoms with Crippen LogP contribution in [0.1, 0.15) is 44.3 Å². The first-order chi connectivity index (χ1) is 8.24. The smallest absolute Gasteiger partial charge is 0.0670 e. The Morgan fingerprint density at radius 1 is 1.47 bits per heavy atom. The van der Waals surface area contributed by atoms with Crippen LogP contribution in [0.5, 0.6) is 0 Å². The van der Waals surface area contributed by atoms with Gasteiger partial charge in [0, 0.05) is 19.3 Å². The van der Waals surface area contributed by atoms with E-state index in [1.807, 2.05) is 17.9 Å². The van der Waals surface area contributed by atoms with Crippen molar-refractivity contribution in [2.75, 3.05) is 13.1 Å². The molecule has 1 aromatic heterocycles. The molecule has 4 heteroatoms. The quantitative estimate of drug-likeness (QED) is 0.868. The van der Waals surface area contributed by atoms with E-state index in [0.717, 1.165) is 19.5 Å². The Balaban J connectivity index is 2.26. The summed E-state index contributed by atoms with van der Waals surface area (Å²) in [5.74, 6) is 0. The number of nitrogens with two attached hydrogens (primary N) is 1. The Morgan fingerprint density at radius 3 is 2.94 bits per heavy atom. The van der Waals surface area contributed by atoms with Gasteiger partial charge < -0.3 is 5.73 Å². The van der Waals surface area contributed by atoms with Crippen LogP contribution in [0.25, 0.3) is 0 Å². The highest BCUT2D eigenvalue weighted by Gasteiger charge is 2.29. The van der Waals surface area contributed by atoms with Crippen LogP contribution in [0.3, 0.4) is 0 Å². The summed E-state index contributed by atoms with van der Waals surface area (Å²) in [7, 11) is 2.01. The second kappa shape index (κ2) is 5.65. The van der Waals surface area contributed by atoms with Crippen LogP contribution in [0.4, 0.5) is 0 Å². The van der Waals surface area contributed by atoms with Gasteiger partial charge in [0.1, 0.15) is 0 Å². The van der Waals surface area contributed by atoms with Gasteiger partial charge in [-0.05, 0) is 38.4 Å². The van der Waals surface area contributed by atoms with Crippen LogP contribution in [-0.2, 0) is 7.05 Å². The molecule has 0 radical (unpaired) electrons. The Labute approximate surface area is 104 Å². The topological polar surface area (TPSA) is 47.1 Å². The largest absolute Gasteiger partial charge is 0.326 e. The van der Waals surface area contributed by atoms with Crippen LogP contribution in [0.15, 0.2) is 12.3 Å². The highest BCUT2D eigenvalue weighted by Crippen LogP contribution is 2.28. The molecular formula is C13H24N4. The number of nitrogens with zero attached hydrogens (tertiary/aromatic N) is 3. The molecule has 2 atom stereocenters. The highest BCUT2D eigenvalue weighted by molar-refractivity contribution is 5.10. The van der Waals surface area contributed by atoms with Crippen molar-refractivity contribution in [3.63, 3.8) is 0 Å². The van der Waals surface area contributed by atoms with Gasteiger partial charge in [-0.3, -0.25) is 9.58 Å². The van der Waals surface area contributed by atoms with Gasteiger partial charge in [0.15, 0.2) is 0 Å². The monoisotopic (exact) mass is 236 g/mol. The van der Waals surface area contributed by atoms with E-state index in [2.05, 4.69) is 23.0 Å². The minimum absolute atomic E-state index is 0.236. The molecule has 0 bridgehead atoms. The molecule has 0 saturated carbocycles. The van der Waals surface area contributed by atoms with Crippen molar-refractivity contribution in [3.8, 4) is 0 Å². The summed E-state index contributed by atoms with van der Waals surface area (Å²) in [6.07, 6.45) is 6.69. The maximum Gasteiger partial charge on any atom is 0.0670 e. The second-order valence-corrected chi connectivity index (χ2v) is 5.02. The lowest BCUT2D eigenvalue weighted by Gasteiger charge is -2.33. The molecule has 1 fully saturated rings. The average molecular weight is 236 g/mol. The highest BCUT2D eigenvalue weighted by atomic mass is 15.3. The fourth-order valence-electron chi connectivity index (χ4n) is 2.88. The van der Waals surface area contributed by atoms with Gasteiger partial charge in [0.05, 0.1) is 11.7 Å². The predicted octanol–water partition coefficient (Wildman–Crippen LogP) is 1.68. The summed E-state index contributed by atoms with van der Waals surface area (Å²) in [4.78, 5) is 2.54. The molecule has 0 amide bonds. The summed E-state index contributed by atoms with van der Waals surface area (Å²) >= 11 is 0. The van der Waals surface area contributed by atoms with Crippen LogP contribution < -0.4 is 5.73 Å². The van der Waals surface area contributed by atoms with Crippen molar-refractivity contribution in [2.45, 2.75) is 44.7 Å². The molecule has 0 aliphatic carbocycles. The van der Waals surface area contributed by atoms with Gasteiger partial charge in [0.2, 0.25) is 0 Å². The zero-order chi connectivity index (χ0) is 12.3. The van der Waals surface area contributed by atoms with Crippen molar-refractivity contribution >= 4 is 0 Å². The van der Waals surface area contributed by atoms with Crippen molar-refractivity contribution in [1.29, 1.82) is 0 Å². The molecule has 0 spiro atoms. The van der Waals surface area contributed by atoms with Crippen molar-refractivity contribution in [1.82, 2.24) is 14.7 Å². The maximum absolute atomic E-state index is 6.38. The number of hydrogen-bond acceptors (Lipinski definition) is 3. The molecule has 96 valence electrons. The third kappa shape index (κ3) is 2.69. The SMILES string of the molecule is CCCN1CCCCC(N)C1c1ccnn1C. The Kier molecular flexibility index (Phi) is 4.18. The van der Waals surface area contributed by atoms with E-state index < -0.39 is 0 Å². The molecule has 2 rings (SSSR count). The van der Waals surface area contributed by atoms with Crippen molar-refractivity contribution < 1.29 is 0 Å². The summed E-state index contributed by atoms with van der Waals surface area (Å²) in [6.45, 7) is 4.53. The number of aromatic nitrogens is 2.